The fourth-order valence-corrected chi connectivity index (χ4v) is 4.82. The molecule has 0 bridgehead atoms. The van der Waals surface area contributed by atoms with E-state index in [0.29, 0.717) is 12.3 Å². The number of nitrogens with one attached hydrogen (secondary N) is 2. The lowest BCUT2D eigenvalue weighted by molar-refractivity contribution is -0.118. The van der Waals surface area contributed by atoms with Crippen LogP contribution in [0.5, 0.6) is 0 Å². The molecule has 4 aromatic rings. The smallest absolute Gasteiger partial charge is 0.230 e. The van der Waals surface area contributed by atoms with Gasteiger partial charge in [-0.1, -0.05) is 30.3 Å². The van der Waals surface area contributed by atoms with Crippen molar-refractivity contribution in [2.24, 2.45) is 0 Å². The van der Waals surface area contributed by atoms with Gasteiger partial charge in [0.25, 0.3) is 0 Å². The van der Waals surface area contributed by atoms with Gasteiger partial charge in [-0.15, -0.1) is 23.1 Å². The maximum absolute atomic E-state index is 12.0. The number of aromatic nitrogens is 2. The number of fused-ring (bicyclic) bond motifs is 2. The molecule has 0 aliphatic heterocycles. The van der Waals surface area contributed by atoms with E-state index in [4.69, 9.17) is 0 Å². The molecule has 26 heavy (non-hydrogen) atoms. The lowest BCUT2D eigenvalue weighted by Gasteiger charge is -2.04. The Morgan fingerprint density at radius 2 is 2.00 bits per heavy atom. The summed E-state index contributed by atoms with van der Waals surface area (Å²) in [7, 11) is 0. The van der Waals surface area contributed by atoms with Crippen molar-refractivity contribution in [1.82, 2.24) is 15.3 Å². The van der Waals surface area contributed by atoms with E-state index in [-0.39, 0.29) is 5.91 Å². The molecule has 2 aromatic heterocycles. The SMILES string of the molecule is O=C(CSCc1nc2ccccc2s1)NCCc1c[nH]c2ccccc12. The first-order valence-corrected chi connectivity index (χ1v) is 10.5. The summed E-state index contributed by atoms with van der Waals surface area (Å²) >= 11 is 3.31. The van der Waals surface area contributed by atoms with Crippen molar-refractivity contribution in [3.63, 3.8) is 0 Å². The van der Waals surface area contributed by atoms with E-state index < -0.39 is 0 Å². The van der Waals surface area contributed by atoms with Gasteiger partial charge < -0.3 is 10.3 Å². The van der Waals surface area contributed by atoms with Gasteiger partial charge in [0.2, 0.25) is 5.91 Å². The molecule has 132 valence electrons. The van der Waals surface area contributed by atoms with Crippen LogP contribution in [0.3, 0.4) is 0 Å². The van der Waals surface area contributed by atoms with Crippen molar-refractivity contribution in [3.05, 3.63) is 65.3 Å². The monoisotopic (exact) mass is 381 g/mol. The molecule has 6 heteroatoms. The molecule has 0 aliphatic carbocycles. The highest BCUT2D eigenvalue weighted by molar-refractivity contribution is 7.99. The van der Waals surface area contributed by atoms with Gasteiger partial charge >= 0.3 is 0 Å². The molecule has 0 aliphatic rings. The number of aromatic amines is 1. The molecule has 0 radical (unpaired) electrons. The number of hydrogen-bond donors (Lipinski definition) is 2. The van der Waals surface area contributed by atoms with E-state index in [1.165, 1.54) is 15.6 Å². The Hall–Kier alpha value is -2.31. The Labute approximate surface area is 160 Å². The summed E-state index contributed by atoms with van der Waals surface area (Å²) in [5, 5.41) is 5.31. The molecule has 0 fully saturated rings. The number of benzene rings is 2. The van der Waals surface area contributed by atoms with E-state index in [0.717, 1.165) is 28.2 Å². The third-order valence-corrected chi connectivity index (χ3v) is 6.35. The Morgan fingerprint density at radius 3 is 2.92 bits per heavy atom. The highest BCUT2D eigenvalue weighted by Crippen LogP contribution is 2.24. The molecule has 0 saturated carbocycles. The largest absolute Gasteiger partial charge is 0.361 e. The predicted molar refractivity (Wildman–Crippen MR) is 111 cm³/mol. The number of carbonyl (C=O) groups is 1. The second-order valence-electron chi connectivity index (χ2n) is 6.03. The van der Waals surface area contributed by atoms with Crippen LogP contribution in [-0.4, -0.2) is 28.2 Å². The average molecular weight is 382 g/mol. The summed E-state index contributed by atoms with van der Waals surface area (Å²) in [6.45, 7) is 0.655. The van der Waals surface area contributed by atoms with Crippen molar-refractivity contribution in [3.8, 4) is 0 Å². The third-order valence-electron chi connectivity index (χ3n) is 4.19. The Morgan fingerprint density at radius 1 is 1.15 bits per heavy atom. The molecule has 2 N–H and O–H groups in total. The number of hydrogen-bond acceptors (Lipinski definition) is 4. The summed E-state index contributed by atoms with van der Waals surface area (Å²) in [5.74, 6) is 1.31. The van der Waals surface area contributed by atoms with Crippen LogP contribution >= 0.6 is 23.1 Å². The molecular formula is C20H19N3OS2. The molecular weight excluding hydrogens is 362 g/mol. The normalized spacial score (nSPS) is 11.2. The van der Waals surface area contributed by atoms with Crippen LogP contribution < -0.4 is 5.32 Å². The fourth-order valence-electron chi connectivity index (χ4n) is 2.94. The Balaban J connectivity index is 1.21. The minimum Gasteiger partial charge on any atom is -0.361 e. The quantitative estimate of drug-likeness (QED) is 0.500. The van der Waals surface area contributed by atoms with E-state index in [1.54, 1.807) is 23.1 Å². The van der Waals surface area contributed by atoms with Gasteiger partial charge in [0.15, 0.2) is 0 Å². The first-order valence-electron chi connectivity index (χ1n) is 8.53. The van der Waals surface area contributed by atoms with Gasteiger partial charge in [-0.25, -0.2) is 4.98 Å². The van der Waals surface area contributed by atoms with Gasteiger partial charge in [0.05, 0.1) is 16.0 Å². The molecule has 4 nitrogen and oxygen atoms in total. The predicted octanol–water partition coefficient (Wildman–Crippen LogP) is 4.37. The second kappa shape index (κ2) is 7.93. The minimum atomic E-state index is 0.0796. The number of amides is 1. The Bertz CT molecular complexity index is 1000. The summed E-state index contributed by atoms with van der Waals surface area (Å²) < 4.78 is 1.20. The van der Waals surface area contributed by atoms with Gasteiger partial charge in [-0.2, -0.15) is 0 Å². The molecule has 0 saturated heterocycles. The molecule has 0 spiro atoms. The average Bonchev–Trinajstić information content (AvgIpc) is 3.25. The van der Waals surface area contributed by atoms with E-state index in [9.17, 15) is 4.79 Å². The number of thiazole rings is 1. The van der Waals surface area contributed by atoms with E-state index >= 15 is 0 Å². The van der Waals surface area contributed by atoms with Gasteiger partial charge in [-0.05, 0) is 30.2 Å². The van der Waals surface area contributed by atoms with Crippen LogP contribution in [0.1, 0.15) is 10.6 Å². The van der Waals surface area contributed by atoms with Gasteiger partial charge in [0.1, 0.15) is 5.01 Å². The molecule has 0 unspecified atom stereocenters. The van der Waals surface area contributed by atoms with Crippen molar-refractivity contribution < 1.29 is 4.79 Å². The van der Waals surface area contributed by atoms with Crippen LogP contribution in [0, 0.1) is 0 Å². The topological polar surface area (TPSA) is 57.8 Å². The van der Waals surface area contributed by atoms with Crippen molar-refractivity contribution >= 4 is 50.1 Å². The number of nitrogens with zero attached hydrogens (tertiary/aromatic N) is 1. The number of rotatable bonds is 7. The lowest BCUT2D eigenvalue weighted by atomic mass is 10.1. The van der Waals surface area contributed by atoms with Gasteiger partial charge in [-0.3, -0.25) is 4.79 Å². The van der Waals surface area contributed by atoms with Crippen molar-refractivity contribution in [2.45, 2.75) is 12.2 Å². The molecule has 2 aromatic carbocycles. The number of H-pyrrole nitrogens is 1. The maximum Gasteiger partial charge on any atom is 0.230 e. The van der Waals surface area contributed by atoms with Crippen LogP contribution in [-0.2, 0) is 17.0 Å². The molecule has 1 amide bonds. The maximum atomic E-state index is 12.0. The van der Waals surface area contributed by atoms with Crippen LogP contribution in [0.25, 0.3) is 21.1 Å². The number of para-hydroxylation sites is 2. The van der Waals surface area contributed by atoms with E-state index in [1.807, 2.05) is 36.5 Å². The highest BCUT2D eigenvalue weighted by Gasteiger charge is 2.07. The standard InChI is InChI=1S/C20H19N3OS2/c24-19(12-25-13-20-23-17-7-3-4-8-18(17)26-20)21-10-9-14-11-22-16-6-2-1-5-15(14)16/h1-8,11,22H,9-10,12-13H2,(H,21,24). The summed E-state index contributed by atoms with van der Waals surface area (Å²) in [6, 6.07) is 16.4. The number of carbonyl (C=O) groups excluding carboxylic acids is 1. The first-order chi connectivity index (χ1) is 12.8. The third kappa shape index (κ3) is 3.92. The van der Waals surface area contributed by atoms with Crippen LogP contribution in [0.15, 0.2) is 54.7 Å². The van der Waals surface area contributed by atoms with Gasteiger partial charge in [0, 0.05) is 29.4 Å². The second-order valence-corrected chi connectivity index (χ2v) is 8.13. The van der Waals surface area contributed by atoms with E-state index in [2.05, 4.69) is 33.5 Å². The lowest BCUT2D eigenvalue weighted by Crippen LogP contribution is -2.27. The summed E-state index contributed by atoms with van der Waals surface area (Å²) in [4.78, 5) is 19.9. The van der Waals surface area contributed by atoms with Crippen molar-refractivity contribution in [2.75, 3.05) is 12.3 Å². The zero-order valence-corrected chi connectivity index (χ0v) is 15.8. The summed E-state index contributed by atoms with van der Waals surface area (Å²) in [5.41, 5.74) is 3.42. The van der Waals surface area contributed by atoms with Crippen LogP contribution in [0.2, 0.25) is 0 Å². The zero-order valence-electron chi connectivity index (χ0n) is 14.2. The number of thioether (sulfide) groups is 1. The molecule has 4 rings (SSSR count). The minimum absolute atomic E-state index is 0.0796. The van der Waals surface area contributed by atoms with Crippen molar-refractivity contribution in [1.29, 1.82) is 0 Å². The first kappa shape index (κ1) is 17.1. The Kier molecular flexibility index (Phi) is 5.22. The molecule has 2 heterocycles. The van der Waals surface area contributed by atoms with Crippen LogP contribution in [0.4, 0.5) is 0 Å². The fraction of sp³-hybridized carbons (Fsp3) is 0.200. The highest BCUT2D eigenvalue weighted by atomic mass is 32.2. The zero-order chi connectivity index (χ0) is 17.8. The molecule has 0 atom stereocenters. The summed E-state index contributed by atoms with van der Waals surface area (Å²) in [6.07, 6.45) is 2.86.